The summed E-state index contributed by atoms with van der Waals surface area (Å²) in [6.07, 6.45) is -0.749. The van der Waals surface area contributed by atoms with Gasteiger partial charge in [-0.15, -0.1) is 0 Å². The Hall–Kier alpha value is -2.39. The minimum Gasteiger partial charge on any atom is -0.347 e. The molecular formula is C26H30F4N2O2S. The van der Waals surface area contributed by atoms with Gasteiger partial charge >= 0.3 is 6.18 Å². The number of hydrogen-bond donors (Lipinski definition) is 1. The van der Waals surface area contributed by atoms with E-state index in [-0.39, 0.29) is 16.5 Å². The summed E-state index contributed by atoms with van der Waals surface area (Å²) in [6, 6.07) is 6.97. The Morgan fingerprint density at radius 2 is 1.74 bits per heavy atom. The third-order valence-electron chi connectivity index (χ3n) is 6.47. The van der Waals surface area contributed by atoms with Crippen molar-refractivity contribution in [3.63, 3.8) is 0 Å². The Morgan fingerprint density at radius 1 is 1.09 bits per heavy atom. The lowest BCUT2D eigenvalue weighted by Gasteiger charge is -2.27. The number of hydrogen-bond acceptors (Lipinski definition) is 2. The molecule has 0 aliphatic heterocycles. The van der Waals surface area contributed by atoms with Gasteiger partial charge in [0.25, 0.3) is 0 Å². The van der Waals surface area contributed by atoms with E-state index in [4.69, 9.17) is 0 Å². The summed E-state index contributed by atoms with van der Waals surface area (Å²) in [5.74, 6) is -0.794. The number of rotatable bonds is 6. The Kier molecular flexibility index (Phi) is 6.55. The fraction of sp³-hybridized carbons (Fsp3) is 0.462. The SMILES string of the molecule is C[C@@H](NS(=O)(=O)C1CCC1)c1cn(CC(C)(C)C)c2cc(-c3ccccc3C(F)(F)F)c(F)cc12. The van der Waals surface area contributed by atoms with Crippen molar-refractivity contribution in [2.75, 3.05) is 0 Å². The number of aromatic nitrogens is 1. The van der Waals surface area contributed by atoms with Crippen LogP contribution in [0.25, 0.3) is 22.0 Å². The molecule has 1 aromatic heterocycles. The molecular weight excluding hydrogens is 480 g/mol. The third kappa shape index (κ3) is 5.26. The van der Waals surface area contributed by atoms with E-state index in [2.05, 4.69) is 4.72 Å². The van der Waals surface area contributed by atoms with Crippen molar-refractivity contribution in [2.24, 2.45) is 5.41 Å². The van der Waals surface area contributed by atoms with Crippen molar-refractivity contribution in [2.45, 2.75) is 71.0 Å². The topological polar surface area (TPSA) is 51.1 Å². The number of fused-ring (bicyclic) bond motifs is 1. The molecule has 1 aliphatic carbocycles. The highest BCUT2D eigenvalue weighted by molar-refractivity contribution is 7.90. The van der Waals surface area contributed by atoms with E-state index < -0.39 is 38.9 Å². The number of alkyl halides is 3. The molecule has 1 heterocycles. The maximum absolute atomic E-state index is 15.4. The van der Waals surface area contributed by atoms with Crippen LogP contribution >= 0.6 is 0 Å². The van der Waals surface area contributed by atoms with Gasteiger partial charge in [-0.1, -0.05) is 45.4 Å². The first kappa shape index (κ1) is 25.7. The quantitative estimate of drug-likeness (QED) is 0.362. The summed E-state index contributed by atoms with van der Waals surface area (Å²) in [5, 5.41) is 0.0545. The van der Waals surface area contributed by atoms with E-state index in [0.717, 1.165) is 12.5 Å². The Morgan fingerprint density at radius 3 is 2.31 bits per heavy atom. The average molecular weight is 511 g/mol. The third-order valence-corrected chi connectivity index (χ3v) is 8.50. The van der Waals surface area contributed by atoms with Crippen LogP contribution in [-0.2, 0) is 22.7 Å². The minimum atomic E-state index is -4.63. The number of halogens is 4. The maximum atomic E-state index is 15.4. The Labute approximate surface area is 203 Å². The first-order valence-corrected chi connectivity index (χ1v) is 13.2. The molecule has 190 valence electrons. The Balaban J connectivity index is 1.87. The van der Waals surface area contributed by atoms with E-state index in [1.807, 2.05) is 25.3 Å². The lowest BCUT2D eigenvalue weighted by Crippen LogP contribution is -2.39. The second kappa shape index (κ2) is 8.92. The molecule has 0 radical (unpaired) electrons. The normalized spacial score (nSPS) is 16.5. The molecule has 0 spiro atoms. The second-order valence-corrected chi connectivity index (χ2v) is 12.6. The monoisotopic (exact) mass is 510 g/mol. The molecule has 35 heavy (non-hydrogen) atoms. The van der Waals surface area contributed by atoms with Gasteiger partial charge in [-0.25, -0.2) is 17.5 Å². The van der Waals surface area contributed by atoms with Crippen LogP contribution in [0, 0.1) is 11.2 Å². The zero-order valence-electron chi connectivity index (χ0n) is 20.2. The van der Waals surface area contributed by atoms with E-state index >= 15 is 4.39 Å². The van der Waals surface area contributed by atoms with Crippen LogP contribution in [0.5, 0.6) is 0 Å². The summed E-state index contributed by atoms with van der Waals surface area (Å²) in [6.45, 7) is 8.27. The molecule has 0 saturated heterocycles. The molecule has 0 amide bonds. The van der Waals surface area contributed by atoms with Crippen LogP contribution in [0.1, 0.15) is 64.1 Å². The van der Waals surface area contributed by atoms with Crippen molar-refractivity contribution in [3.8, 4) is 11.1 Å². The highest BCUT2D eigenvalue weighted by Crippen LogP contribution is 2.40. The molecule has 1 aliphatic rings. The highest BCUT2D eigenvalue weighted by Gasteiger charge is 2.35. The van der Waals surface area contributed by atoms with E-state index in [1.54, 1.807) is 13.1 Å². The van der Waals surface area contributed by atoms with Crippen LogP contribution in [0.15, 0.2) is 42.6 Å². The van der Waals surface area contributed by atoms with Gasteiger partial charge in [-0.3, -0.25) is 0 Å². The standard InChI is InChI=1S/C26H30F4N2O2S/c1-16(31-35(33,34)17-8-7-9-17)21-14-32(15-25(2,3)4)24-13-19(23(27)12-20(21)24)18-10-5-6-11-22(18)26(28,29)30/h5-6,10-14,16-17,31H,7-9,15H2,1-4H3/t16-/m1/s1. The number of sulfonamides is 1. The van der Waals surface area contributed by atoms with Crippen molar-refractivity contribution >= 4 is 20.9 Å². The van der Waals surface area contributed by atoms with E-state index in [9.17, 15) is 21.6 Å². The molecule has 2 aromatic carbocycles. The predicted molar refractivity (Wildman–Crippen MR) is 130 cm³/mol. The molecule has 3 aromatic rings. The van der Waals surface area contributed by atoms with Crippen molar-refractivity contribution in [1.82, 2.24) is 9.29 Å². The van der Waals surface area contributed by atoms with Crippen molar-refractivity contribution < 1.29 is 26.0 Å². The van der Waals surface area contributed by atoms with Crippen LogP contribution in [0.3, 0.4) is 0 Å². The molecule has 4 rings (SSSR count). The average Bonchev–Trinajstić information content (AvgIpc) is 3.00. The maximum Gasteiger partial charge on any atom is 0.417 e. The molecule has 0 unspecified atom stereocenters. The summed E-state index contributed by atoms with van der Waals surface area (Å²) in [7, 11) is -3.53. The van der Waals surface area contributed by atoms with Gasteiger partial charge in [0, 0.05) is 35.2 Å². The fourth-order valence-corrected chi connectivity index (χ4v) is 6.35. The zero-order valence-corrected chi connectivity index (χ0v) is 21.0. The van der Waals surface area contributed by atoms with Gasteiger partial charge < -0.3 is 4.57 Å². The van der Waals surface area contributed by atoms with Crippen molar-refractivity contribution in [1.29, 1.82) is 0 Å². The molecule has 0 bridgehead atoms. The van der Waals surface area contributed by atoms with Gasteiger partial charge in [0.05, 0.1) is 10.8 Å². The van der Waals surface area contributed by atoms with Crippen LogP contribution in [-0.4, -0.2) is 18.2 Å². The molecule has 9 heteroatoms. The van der Waals surface area contributed by atoms with Crippen LogP contribution in [0.4, 0.5) is 17.6 Å². The number of benzene rings is 2. The Bertz CT molecular complexity index is 1350. The van der Waals surface area contributed by atoms with Gasteiger partial charge in [0.15, 0.2) is 0 Å². The highest BCUT2D eigenvalue weighted by atomic mass is 32.2. The van der Waals surface area contributed by atoms with Gasteiger partial charge in [0.1, 0.15) is 5.82 Å². The van der Waals surface area contributed by atoms with E-state index in [1.165, 1.54) is 30.3 Å². The van der Waals surface area contributed by atoms with E-state index in [0.29, 0.717) is 35.9 Å². The molecule has 1 fully saturated rings. The summed E-state index contributed by atoms with van der Waals surface area (Å²) in [4.78, 5) is 0. The smallest absolute Gasteiger partial charge is 0.347 e. The predicted octanol–water partition coefficient (Wildman–Crippen LogP) is 7.05. The summed E-state index contributed by atoms with van der Waals surface area (Å²) >= 11 is 0. The number of nitrogens with one attached hydrogen (secondary N) is 1. The molecule has 1 atom stereocenters. The number of nitrogens with zero attached hydrogens (tertiary/aromatic N) is 1. The molecule has 1 saturated carbocycles. The van der Waals surface area contributed by atoms with Crippen molar-refractivity contribution in [3.05, 3.63) is 59.5 Å². The van der Waals surface area contributed by atoms with Crippen LogP contribution in [0.2, 0.25) is 0 Å². The minimum absolute atomic E-state index is 0.145. The van der Waals surface area contributed by atoms with Crippen LogP contribution < -0.4 is 4.72 Å². The summed E-state index contributed by atoms with van der Waals surface area (Å²) in [5.41, 5.74) is -0.332. The molecule has 4 nitrogen and oxygen atoms in total. The fourth-order valence-electron chi connectivity index (χ4n) is 4.58. The largest absolute Gasteiger partial charge is 0.417 e. The zero-order chi connectivity index (χ0) is 25.8. The molecule has 1 N–H and O–H groups in total. The lowest BCUT2D eigenvalue weighted by atomic mass is 9.96. The second-order valence-electron chi connectivity index (χ2n) is 10.6. The lowest BCUT2D eigenvalue weighted by molar-refractivity contribution is -0.137. The first-order valence-electron chi connectivity index (χ1n) is 11.7. The van der Waals surface area contributed by atoms with Gasteiger partial charge in [-0.2, -0.15) is 13.2 Å². The van der Waals surface area contributed by atoms with Gasteiger partial charge in [0.2, 0.25) is 10.0 Å². The first-order chi connectivity index (χ1) is 16.2. The summed E-state index contributed by atoms with van der Waals surface area (Å²) < 4.78 is 86.4. The van der Waals surface area contributed by atoms with Gasteiger partial charge in [-0.05, 0) is 54.5 Å².